The number of aromatic nitrogens is 2. The largest absolute Gasteiger partial charge is 0.444 e. The van der Waals surface area contributed by atoms with E-state index in [1.54, 1.807) is 23.5 Å². The molecule has 0 unspecified atom stereocenters. The third kappa shape index (κ3) is 3.42. The molecule has 0 radical (unpaired) electrons. The molecule has 0 atom stereocenters. The van der Waals surface area contributed by atoms with E-state index in [-0.39, 0.29) is 17.8 Å². The summed E-state index contributed by atoms with van der Waals surface area (Å²) in [6.07, 6.45) is 6.20. The molecule has 2 aromatic heterocycles. The summed E-state index contributed by atoms with van der Waals surface area (Å²) in [6.45, 7) is 6.66. The maximum absolute atomic E-state index is 12.8. The van der Waals surface area contributed by atoms with E-state index in [1.165, 1.54) is 0 Å². The lowest BCUT2D eigenvalue weighted by molar-refractivity contribution is 0.0182. The number of ether oxygens (including phenoxy) is 1. The number of likely N-dealkylation sites (tertiary alicyclic amines) is 1. The van der Waals surface area contributed by atoms with Gasteiger partial charge in [-0.15, -0.1) is 0 Å². The highest BCUT2D eigenvalue weighted by Gasteiger charge is 2.31. The topological polar surface area (TPSA) is 75.3 Å². The minimum Gasteiger partial charge on any atom is -0.444 e. The summed E-state index contributed by atoms with van der Waals surface area (Å²) in [5.41, 5.74) is 1.08. The van der Waals surface area contributed by atoms with Crippen LogP contribution in [0, 0.1) is 5.92 Å². The fraction of sp³-hybridized carbons (Fsp3) is 0.500. The molecule has 3 heterocycles. The Hall–Kier alpha value is -2.37. The molecule has 6 nitrogen and oxygen atoms in total. The van der Waals surface area contributed by atoms with Crippen molar-refractivity contribution >= 4 is 22.8 Å². The predicted molar refractivity (Wildman–Crippen MR) is 91.0 cm³/mol. The number of fused-ring (bicyclic) bond motifs is 1. The number of hydrogen-bond donors (Lipinski definition) is 1. The summed E-state index contributed by atoms with van der Waals surface area (Å²) >= 11 is 0. The van der Waals surface area contributed by atoms with Gasteiger partial charge in [-0.3, -0.25) is 9.78 Å². The van der Waals surface area contributed by atoms with Crippen LogP contribution in [0.3, 0.4) is 0 Å². The lowest BCUT2D eigenvalue weighted by Gasteiger charge is -2.32. The zero-order valence-electron chi connectivity index (χ0n) is 14.3. The van der Waals surface area contributed by atoms with Gasteiger partial charge in [0, 0.05) is 42.4 Å². The molecular weight excluding hydrogens is 306 g/mol. The highest BCUT2D eigenvalue weighted by molar-refractivity contribution is 6.08. The molecule has 3 rings (SSSR count). The van der Waals surface area contributed by atoms with Gasteiger partial charge in [0.05, 0.1) is 11.7 Å². The number of Topliss-reactive ketones (excluding diaryl/α,β-unsaturated/α-hetero) is 1. The lowest BCUT2D eigenvalue weighted by atomic mass is 9.89. The number of carbonyl (C=O) groups excluding carboxylic acids is 2. The number of piperidine rings is 1. The number of carbonyl (C=O) groups is 2. The first-order chi connectivity index (χ1) is 11.3. The van der Waals surface area contributed by atoms with Crippen LogP contribution in [-0.4, -0.2) is 45.4 Å². The zero-order chi connectivity index (χ0) is 17.3. The summed E-state index contributed by atoms with van der Waals surface area (Å²) in [7, 11) is 0. The summed E-state index contributed by atoms with van der Waals surface area (Å²) < 4.78 is 5.39. The van der Waals surface area contributed by atoms with Crippen molar-refractivity contribution in [1.82, 2.24) is 14.9 Å². The van der Waals surface area contributed by atoms with Crippen LogP contribution in [0.15, 0.2) is 24.7 Å². The van der Waals surface area contributed by atoms with Crippen LogP contribution in [0.25, 0.3) is 10.9 Å². The Morgan fingerprint density at radius 1 is 1.29 bits per heavy atom. The number of ketones is 1. The van der Waals surface area contributed by atoms with E-state index < -0.39 is 5.60 Å². The average molecular weight is 329 g/mol. The fourth-order valence-corrected chi connectivity index (χ4v) is 3.05. The van der Waals surface area contributed by atoms with Gasteiger partial charge in [0.15, 0.2) is 5.78 Å². The Labute approximate surface area is 141 Å². The standard InChI is InChI=1S/C18H23N3O3/c1-18(2,3)24-17(23)21-8-5-12(6-9-21)16(22)14-10-20-15-11-19-7-4-13(14)15/h4,7,10-12,20H,5-6,8-9H2,1-3H3. The van der Waals surface area contributed by atoms with E-state index in [2.05, 4.69) is 9.97 Å². The summed E-state index contributed by atoms with van der Waals surface area (Å²) in [6, 6.07) is 1.86. The molecule has 1 fully saturated rings. The second-order valence-corrected chi connectivity index (χ2v) is 7.23. The highest BCUT2D eigenvalue weighted by Crippen LogP contribution is 2.26. The number of H-pyrrole nitrogens is 1. The van der Waals surface area contributed by atoms with Crippen molar-refractivity contribution in [2.45, 2.75) is 39.2 Å². The van der Waals surface area contributed by atoms with Crippen molar-refractivity contribution in [3.8, 4) is 0 Å². The molecule has 1 aliphatic rings. The number of rotatable bonds is 2. The van der Waals surface area contributed by atoms with Crippen LogP contribution in [0.1, 0.15) is 44.0 Å². The molecule has 2 aromatic rings. The molecule has 0 spiro atoms. The number of amides is 1. The van der Waals surface area contributed by atoms with Gasteiger partial charge in [-0.05, 0) is 39.7 Å². The van der Waals surface area contributed by atoms with Crippen LogP contribution in [0.2, 0.25) is 0 Å². The van der Waals surface area contributed by atoms with Crippen molar-refractivity contribution in [1.29, 1.82) is 0 Å². The Morgan fingerprint density at radius 3 is 2.67 bits per heavy atom. The van der Waals surface area contributed by atoms with Gasteiger partial charge in [0.2, 0.25) is 0 Å². The van der Waals surface area contributed by atoms with Crippen LogP contribution in [0.4, 0.5) is 4.79 Å². The van der Waals surface area contributed by atoms with Gasteiger partial charge < -0.3 is 14.6 Å². The van der Waals surface area contributed by atoms with Crippen LogP contribution >= 0.6 is 0 Å². The smallest absolute Gasteiger partial charge is 0.410 e. The molecule has 6 heteroatoms. The summed E-state index contributed by atoms with van der Waals surface area (Å²) in [4.78, 5) is 33.7. The molecule has 1 N–H and O–H groups in total. The molecule has 0 bridgehead atoms. The molecule has 0 aliphatic carbocycles. The van der Waals surface area contributed by atoms with Gasteiger partial charge in [-0.1, -0.05) is 0 Å². The van der Waals surface area contributed by atoms with Crippen molar-refractivity contribution in [3.63, 3.8) is 0 Å². The quantitative estimate of drug-likeness (QED) is 0.857. The van der Waals surface area contributed by atoms with E-state index in [1.807, 2.05) is 26.8 Å². The Balaban J connectivity index is 1.64. The summed E-state index contributed by atoms with van der Waals surface area (Å²) in [5, 5.41) is 0.907. The number of nitrogens with zero attached hydrogens (tertiary/aromatic N) is 2. The highest BCUT2D eigenvalue weighted by atomic mass is 16.6. The van der Waals surface area contributed by atoms with Gasteiger partial charge in [0.25, 0.3) is 0 Å². The minimum absolute atomic E-state index is 0.0594. The van der Waals surface area contributed by atoms with E-state index in [0.717, 1.165) is 10.9 Å². The number of hydrogen-bond acceptors (Lipinski definition) is 4. The van der Waals surface area contributed by atoms with E-state index >= 15 is 0 Å². The van der Waals surface area contributed by atoms with Gasteiger partial charge in [-0.2, -0.15) is 0 Å². The van der Waals surface area contributed by atoms with Crippen molar-refractivity contribution in [2.24, 2.45) is 5.92 Å². The molecule has 24 heavy (non-hydrogen) atoms. The normalized spacial score (nSPS) is 16.4. The fourth-order valence-electron chi connectivity index (χ4n) is 3.05. The first-order valence-corrected chi connectivity index (χ1v) is 8.28. The lowest BCUT2D eigenvalue weighted by Crippen LogP contribution is -2.43. The Bertz CT molecular complexity index is 752. The molecule has 1 aliphatic heterocycles. The third-order valence-corrected chi connectivity index (χ3v) is 4.27. The van der Waals surface area contributed by atoms with Crippen molar-refractivity contribution in [2.75, 3.05) is 13.1 Å². The van der Waals surface area contributed by atoms with Gasteiger partial charge in [-0.25, -0.2) is 4.79 Å². The Morgan fingerprint density at radius 2 is 2.00 bits per heavy atom. The molecule has 0 saturated carbocycles. The van der Waals surface area contributed by atoms with Crippen molar-refractivity contribution in [3.05, 3.63) is 30.2 Å². The second kappa shape index (κ2) is 6.26. The van der Waals surface area contributed by atoms with E-state index in [4.69, 9.17) is 4.74 Å². The molecule has 0 aromatic carbocycles. The Kier molecular flexibility index (Phi) is 4.30. The van der Waals surface area contributed by atoms with Crippen molar-refractivity contribution < 1.29 is 14.3 Å². The first kappa shape index (κ1) is 16.5. The average Bonchev–Trinajstić information content (AvgIpc) is 2.97. The first-order valence-electron chi connectivity index (χ1n) is 8.28. The summed E-state index contributed by atoms with van der Waals surface area (Å²) in [5.74, 6) is 0.0761. The maximum Gasteiger partial charge on any atom is 0.410 e. The van der Waals surface area contributed by atoms with Crippen LogP contribution in [0.5, 0.6) is 0 Å². The third-order valence-electron chi connectivity index (χ3n) is 4.27. The van der Waals surface area contributed by atoms with Gasteiger partial charge >= 0.3 is 6.09 Å². The zero-order valence-corrected chi connectivity index (χ0v) is 14.3. The predicted octanol–water partition coefficient (Wildman–Crippen LogP) is 3.39. The second-order valence-electron chi connectivity index (χ2n) is 7.23. The number of nitrogens with one attached hydrogen (secondary N) is 1. The van der Waals surface area contributed by atoms with Crippen LogP contribution in [-0.2, 0) is 4.74 Å². The monoisotopic (exact) mass is 329 g/mol. The maximum atomic E-state index is 12.8. The minimum atomic E-state index is -0.498. The van der Waals surface area contributed by atoms with Gasteiger partial charge in [0.1, 0.15) is 5.60 Å². The number of aromatic amines is 1. The molecule has 1 amide bonds. The molecule has 1 saturated heterocycles. The van der Waals surface area contributed by atoms with E-state index in [0.29, 0.717) is 31.5 Å². The SMILES string of the molecule is CC(C)(C)OC(=O)N1CCC(C(=O)c2c[nH]c3cnccc23)CC1. The number of pyridine rings is 1. The van der Waals surface area contributed by atoms with Crippen LogP contribution < -0.4 is 0 Å². The molecular formula is C18H23N3O3. The molecule has 128 valence electrons. The van der Waals surface area contributed by atoms with E-state index in [9.17, 15) is 9.59 Å².